The maximum atomic E-state index is 11.6. The van der Waals surface area contributed by atoms with Gasteiger partial charge in [-0.15, -0.1) is 0 Å². The van der Waals surface area contributed by atoms with Crippen molar-refractivity contribution in [2.75, 3.05) is 0 Å². The van der Waals surface area contributed by atoms with Crippen LogP contribution < -0.4 is 9.47 Å². The largest absolute Gasteiger partial charge is 0.478 e. The molecule has 2 atom stereocenters. The van der Waals surface area contributed by atoms with Crippen LogP contribution in [0.2, 0.25) is 0 Å². The van der Waals surface area contributed by atoms with E-state index in [1.54, 1.807) is 13.8 Å². The Morgan fingerprint density at radius 1 is 1.05 bits per heavy atom. The highest BCUT2D eigenvalue weighted by atomic mass is 127. The third kappa shape index (κ3) is 5.41. The van der Waals surface area contributed by atoms with Crippen molar-refractivity contribution < 1.29 is 29.0 Å². The number of halogens is 2. The molecule has 0 spiro atoms. The first-order valence-electron chi connectivity index (χ1n) is 5.81. The standard InChI is InChI=1S/C13H12I2O6/c1-6(14)12(18)20-8-3-4-9(11(16)17)10(5-8)21-13(19)7(2)15/h3-7H,1-2H3,(H,16,17). The molecule has 21 heavy (non-hydrogen) atoms. The summed E-state index contributed by atoms with van der Waals surface area (Å²) < 4.78 is 9.29. The van der Waals surface area contributed by atoms with Gasteiger partial charge in [-0.25, -0.2) is 4.79 Å². The van der Waals surface area contributed by atoms with Gasteiger partial charge in [0.05, 0.1) is 0 Å². The van der Waals surface area contributed by atoms with Crippen LogP contribution in [0, 0.1) is 0 Å². The Labute approximate surface area is 148 Å². The zero-order chi connectivity index (χ0) is 16.2. The Morgan fingerprint density at radius 3 is 2.05 bits per heavy atom. The highest BCUT2D eigenvalue weighted by Gasteiger charge is 2.20. The molecule has 1 aromatic carbocycles. The van der Waals surface area contributed by atoms with Crippen LogP contribution in [0.1, 0.15) is 24.2 Å². The predicted molar refractivity (Wildman–Crippen MR) is 91.6 cm³/mol. The number of carbonyl (C=O) groups excluding carboxylic acids is 2. The summed E-state index contributed by atoms with van der Waals surface area (Å²) in [5, 5.41) is 9.08. The van der Waals surface area contributed by atoms with Gasteiger partial charge in [0.1, 0.15) is 24.9 Å². The number of carboxylic acid groups (broad SMARTS) is 1. The summed E-state index contributed by atoms with van der Waals surface area (Å²) in [5.41, 5.74) is -0.178. The zero-order valence-electron chi connectivity index (χ0n) is 11.1. The molecule has 8 heteroatoms. The van der Waals surface area contributed by atoms with Crippen molar-refractivity contribution in [1.82, 2.24) is 0 Å². The minimum Gasteiger partial charge on any atom is -0.478 e. The van der Waals surface area contributed by atoms with Crippen molar-refractivity contribution in [2.24, 2.45) is 0 Å². The van der Waals surface area contributed by atoms with E-state index in [9.17, 15) is 14.4 Å². The molecule has 0 saturated carbocycles. The van der Waals surface area contributed by atoms with Crippen molar-refractivity contribution in [3.63, 3.8) is 0 Å². The number of alkyl halides is 2. The van der Waals surface area contributed by atoms with E-state index in [1.165, 1.54) is 18.2 Å². The van der Waals surface area contributed by atoms with Gasteiger partial charge in [-0.1, -0.05) is 45.2 Å². The molecule has 0 aliphatic rings. The molecule has 0 radical (unpaired) electrons. The van der Waals surface area contributed by atoms with E-state index >= 15 is 0 Å². The summed E-state index contributed by atoms with van der Waals surface area (Å²) in [7, 11) is 0. The lowest BCUT2D eigenvalue weighted by molar-refractivity contribution is -0.133. The number of aromatic carboxylic acids is 1. The second kappa shape index (κ2) is 7.92. The molecule has 0 heterocycles. The third-order valence-electron chi connectivity index (χ3n) is 2.26. The van der Waals surface area contributed by atoms with Crippen molar-refractivity contribution in [3.8, 4) is 11.5 Å². The predicted octanol–water partition coefficient (Wildman–Crippen LogP) is 2.84. The molecule has 2 unspecified atom stereocenters. The summed E-state index contributed by atoms with van der Waals surface area (Å²) >= 11 is 3.75. The molecule has 1 aromatic rings. The SMILES string of the molecule is CC(I)C(=O)Oc1ccc(C(=O)O)c(OC(=O)C(C)I)c1. The molecular formula is C13H12I2O6. The average molecular weight is 518 g/mol. The zero-order valence-corrected chi connectivity index (χ0v) is 15.4. The fourth-order valence-electron chi connectivity index (χ4n) is 1.21. The third-order valence-corrected chi connectivity index (χ3v) is 3.28. The normalized spacial score (nSPS) is 13.1. The van der Waals surface area contributed by atoms with Crippen LogP contribution in [0.3, 0.4) is 0 Å². The van der Waals surface area contributed by atoms with Gasteiger partial charge < -0.3 is 14.6 Å². The topological polar surface area (TPSA) is 89.9 Å². The number of hydrogen-bond donors (Lipinski definition) is 1. The summed E-state index contributed by atoms with van der Waals surface area (Å²) in [6.07, 6.45) is 0. The summed E-state index contributed by atoms with van der Waals surface area (Å²) in [5.74, 6) is -2.32. The number of esters is 2. The first-order chi connectivity index (χ1) is 9.72. The van der Waals surface area contributed by atoms with E-state index in [1.807, 2.05) is 45.2 Å². The van der Waals surface area contributed by atoms with Gasteiger partial charge in [0.25, 0.3) is 0 Å². The summed E-state index contributed by atoms with van der Waals surface area (Å²) in [6.45, 7) is 3.28. The molecule has 0 aliphatic carbocycles. The molecule has 0 amide bonds. The van der Waals surface area contributed by atoms with Crippen LogP contribution in [0.25, 0.3) is 0 Å². The molecule has 0 bridgehead atoms. The maximum Gasteiger partial charge on any atom is 0.339 e. The van der Waals surface area contributed by atoms with Crippen LogP contribution >= 0.6 is 45.2 Å². The van der Waals surface area contributed by atoms with E-state index in [-0.39, 0.29) is 21.0 Å². The van der Waals surface area contributed by atoms with Crippen LogP contribution in [-0.4, -0.2) is 30.9 Å². The van der Waals surface area contributed by atoms with Crippen LogP contribution in [-0.2, 0) is 9.59 Å². The van der Waals surface area contributed by atoms with Gasteiger partial charge >= 0.3 is 17.9 Å². The van der Waals surface area contributed by atoms with Gasteiger partial charge in [0, 0.05) is 6.07 Å². The first kappa shape index (κ1) is 18.1. The minimum atomic E-state index is -1.24. The lowest BCUT2D eigenvalue weighted by atomic mass is 10.2. The van der Waals surface area contributed by atoms with Crippen LogP contribution in [0.5, 0.6) is 11.5 Å². The molecule has 1 rings (SSSR count). The van der Waals surface area contributed by atoms with E-state index in [0.717, 1.165) is 0 Å². The molecule has 0 fully saturated rings. The van der Waals surface area contributed by atoms with E-state index < -0.39 is 21.8 Å². The average Bonchev–Trinajstić information content (AvgIpc) is 2.38. The second-order valence-electron chi connectivity index (χ2n) is 4.04. The quantitative estimate of drug-likeness (QED) is 0.279. The molecular weight excluding hydrogens is 506 g/mol. The molecule has 6 nitrogen and oxygen atoms in total. The Kier molecular flexibility index (Phi) is 6.84. The summed E-state index contributed by atoms with van der Waals surface area (Å²) in [4.78, 5) is 34.2. The van der Waals surface area contributed by atoms with Gasteiger partial charge in [-0.2, -0.15) is 0 Å². The number of rotatable bonds is 5. The second-order valence-corrected chi connectivity index (χ2v) is 7.77. The maximum absolute atomic E-state index is 11.6. The first-order valence-corrected chi connectivity index (χ1v) is 8.30. The fraction of sp³-hybridized carbons (Fsp3) is 0.308. The van der Waals surface area contributed by atoms with Crippen molar-refractivity contribution in [1.29, 1.82) is 0 Å². The number of carboxylic acids is 1. The Bertz CT molecular complexity index is 568. The minimum absolute atomic E-state index is 0.123. The highest BCUT2D eigenvalue weighted by molar-refractivity contribution is 14.1. The van der Waals surface area contributed by atoms with Gasteiger partial charge in [-0.3, -0.25) is 9.59 Å². The Balaban J connectivity index is 3.09. The number of benzene rings is 1. The van der Waals surface area contributed by atoms with E-state index in [4.69, 9.17) is 14.6 Å². The monoisotopic (exact) mass is 518 g/mol. The van der Waals surface area contributed by atoms with E-state index in [0.29, 0.717) is 0 Å². The fourth-order valence-corrected chi connectivity index (χ4v) is 1.47. The van der Waals surface area contributed by atoms with Crippen molar-refractivity contribution >= 4 is 63.1 Å². The molecule has 0 aliphatic heterocycles. The number of ether oxygens (including phenoxy) is 2. The smallest absolute Gasteiger partial charge is 0.339 e. The van der Waals surface area contributed by atoms with Gasteiger partial charge in [-0.05, 0) is 26.0 Å². The molecule has 0 aromatic heterocycles. The van der Waals surface area contributed by atoms with Crippen LogP contribution in [0.15, 0.2) is 18.2 Å². The van der Waals surface area contributed by atoms with Crippen molar-refractivity contribution in [2.45, 2.75) is 21.7 Å². The Morgan fingerprint density at radius 2 is 1.57 bits per heavy atom. The lowest BCUT2D eigenvalue weighted by Crippen LogP contribution is -2.19. The molecule has 1 N–H and O–H groups in total. The van der Waals surface area contributed by atoms with Gasteiger partial charge in [0.15, 0.2) is 0 Å². The highest BCUT2D eigenvalue weighted by Crippen LogP contribution is 2.26. The lowest BCUT2D eigenvalue weighted by Gasteiger charge is -2.11. The summed E-state index contributed by atoms with van der Waals surface area (Å²) in [6, 6.07) is 3.78. The van der Waals surface area contributed by atoms with Gasteiger partial charge in [0.2, 0.25) is 0 Å². The van der Waals surface area contributed by atoms with Crippen LogP contribution in [0.4, 0.5) is 0 Å². The number of carbonyl (C=O) groups is 3. The Hall–Kier alpha value is -0.910. The molecule has 114 valence electrons. The van der Waals surface area contributed by atoms with E-state index in [2.05, 4.69) is 0 Å². The van der Waals surface area contributed by atoms with Crippen molar-refractivity contribution in [3.05, 3.63) is 23.8 Å². The molecule has 0 saturated heterocycles. The number of hydrogen-bond acceptors (Lipinski definition) is 5.